The predicted molar refractivity (Wildman–Crippen MR) is 72.0 cm³/mol. The van der Waals surface area contributed by atoms with E-state index in [1.165, 1.54) is 5.56 Å². The van der Waals surface area contributed by atoms with Gasteiger partial charge in [-0.15, -0.1) is 0 Å². The van der Waals surface area contributed by atoms with Crippen LogP contribution in [0.5, 0.6) is 5.75 Å². The average molecular weight is 248 g/mol. The van der Waals surface area contributed by atoms with Crippen molar-refractivity contribution in [3.05, 3.63) is 23.8 Å². The fraction of sp³-hybridized carbons (Fsp3) is 0.500. The van der Waals surface area contributed by atoms with Gasteiger partial charge in [0, 0.05) is 7.05 Å². The lowest BCUT2D eigenvalue weighted by Gasteiger charge is -2.31. The second-order valence-corrected chi connectivity index (χ2v) is 4.73. The molecule has 0 saturated heterocycles. The standard InChI is InChI=1S/C14H20N2O2/c1-4-10(8-15)11-5-6-12-13(7-11)18-9(2)14(17)16(12)3/h5-7,9-10H,4,8,15H2,1-3H3. The van der Waals surface area contributed by atoms with Gasteiger partial charge in [-0.1, -0.05) is 13.0 Å². The lowest BCUT2D eigenvalue weighted by Crippen LogP contribution is -2.42. The van der Waals surface area contributed by atoms with Gasteiger partial charge in [0.25, 0.3) is 5.91 Å². The summed E-state index contributed by atoms with van der Waals surface area (Å²) >= 11 is 0. The Morgan fingerprint density at radius 1 is 1.50 bits per heavy atom. The summed E-state index contributed by atoms with van der Waals surface area (Å²) in [5.74, 6) is 1.10. The molecule has 1 heterocycles. The van der Waals surface area contributed by atoms with Crippen LogP contribution in [0.4, 0.5) is 5.69 Å². The smallest absolute Gasteiger partial charge is 0.267 e. The molecule has 4 heteroatoms. The van der Waals surface area contributed by atoms with Crippen LogP contribution in [-0.2, 0) is 4.79 Å². The zero-order valence-electron chi connectivity index (χ0n) is 11.1. The Morgan fingerprint density at radius 2 is 2.22 bits per heavy atom. The number of hydrogen-bond acceptors (Lipinski definition) is 3. The SMILES string of the molecule is CCC(CN)c1ccc2c(c1)OC(C)C(=O)N2C. The Bertz CT molecular complexity index is 455. The molecule has 0 saturated carbocycles. The van der Waals surface area contributed by atoms with E-state index in [2.05, 4.69) is 6.92 Å². The quantitative estimate of drug-likeness (QED) is 0.888. The Balaban J connectivity index is 2.38. The van der Waals surface area contributed by atoms with Gasteiger partial charge in [-0.3, -0.25) is 4.79 Å². The van der Waals surface area contributed by atoms with E-state index in [9.17, 15) is 4.79 Å². The van der Waals surface area contributed by atoms with Crippen LogP contribution in [0.3, 0.4) is 0 Å². The number of carbonyl (C=O) groups is 1. The lowest BCUT2D eigenvalue weighted by atomic mass is 9.95. The molecule has 0 fully saturated rings. The summed E-state index contributed by atoms with van der Waals surface area (Å²) in [7, 11) is 1.78. The zero-order chi connectivity index (χ0) is 13.3. The molecule has 1 amide bonds. The molecule has 2 atom stereocenters. The fourth-order valence-corrected chi connectivity index (χ4v) is 2.33. The maximum absolute atomic E-state index is 11.8. The molecule has 1 aromatic carbocycles. The first-order valence-electron chi connectivity index (χ1n) is 6.36. The zero-order valence-corrected chi connectivity index (χ0v) is 11.1. The largest absolute Gasteiger partial charge is 0.479 e. The molecule has 2 unspecified atom stereocenters. The van der Waals surface area contributed by atoms with Crippen molar-refractivity contribution in [2.45, 2.75) is 32.3 Å². The van der Waals surface area contributed by atoms with Crippen molar-refractivity contribution >= 4 is 11.6 Å². The van der Waals surface area contributed by atoms with E-state index in [0.717, 1.165) is 17.9 Å². The second kappa shape index (κ2) is 4.98. The van der Waals surface area contributed by atoms with E-state index in [4.69, 9.17) is 10.5 Å². The Labute approximate surface area is 108 Å². The second-order valence-electron chi connectivity index (χ2n) is 4.73. The first kappa shape index (κ1) is 12.9. The van der Waals surface area contributed by atoms with Crippen LogP contribution in [0.15, 0.2) is 18.2 Å². The van der Waals surface area contributed by atoms with Crippen molar-refractivity contribution in [2.75, 3.05) is 18.5 Å². The summed E-state index contributed by atoms with van der Waals surface area (Å²) in [6.45, 7) is 4.52. The molecule has 2 rings (SSSR count). The minimum Gasteiger partial charge on any atom is -0.479 e. The number of likely N-dealkylation sites (N-methyl/N-ethyl adjacent to an activating group) is 1. The van der Waals surface area contributed by atoms with Gasteiger partial charge < -0.3 is 15.4 Å². The number of ether oxygens (including phenoxy) is 1. The minimum atomic E-state index is -0.421. The third-order valence-electron chi connectivity index (χ3n) is 3.58. The highest BCUT2D eigenvalue weighted by Crippen LogP contribution is 2.36. The van der Waals surface area contributed by atoms with Crippen LogP contribution in [0.1, 0.15) is 31.7 Å². The summed E-state index contributed by atoms with van der Waals surface area (Å²) in [6.07, 6.45) is 0.579. The molecule has 1 aliphatic heterocycles. The van der Waals surface area contributed by atoms with Gasteiger partial charge in [0.2, 0.25) is 0 Å². The Kier molecular flexibility index (Phi) is 3.57. The molecule has 0 bridgehead atoms. The Morgan fingerprint density at radius 3 is 2.83 bits per heavy atom. The van der Waals surface area contributed by atoms with Gasteiger partial charge in [-0.05, 0) is 43.5 Å². The van der Waals surface area contributed by atoms with E-state index < -0.39 is 6.10 Å². The topological polar surface area (TPSA) is 55.6 Å². The van der Waals surface area contributed by atoms with Crippen molar-refractivity contribution in [3.8, 4) is 5.75 Å². The number of anilines is 1. The molecule has 0 aromatic heterocycles. The highest BCUT2D eigenvalue weighted by Gasteiger charge is 2.29. The first-order chi connectivity index (χ1) is 8.58. The molecule has 0 aliphatic carbocycles. The first-order valence-corrected chi connectivity index (χ1v) is 6.36. The van der Waals surface area contributed by atoms with Gasteiger partial charge in [0.1, 0.15) is 5.75 Å². The third kappa shape index (κ3) is 2.08. The maximum atomic E-state index is 11.8. The van der Waals surface area contributed by atoms with Gasteiger partial charge in [0.15, 0.2) is 6.10 Å². The van der Waals surface area contributed by atoms with Gasteiger partial charge in [-0.25, -0.2) is 0 Å². The van der Waals surface area contributed by atoms with Crippen LogP contribution in [0, 0.1) is 0 Å². The number of benzene rings is 1. The molecule has 4 nitrogen and oxygen atoms in total. The average Bonchev–Trinajstić information content (AvgIpc) is 2.37. The molecule has 1 aromatic rings. The maximum Gasteiger partial charge on any atom is 0.267 e. The molecule has 98 valence electrons. The van der Waals surface area contributed by atoms with E-state index in [-0.39, 0.29) is 5.91 Å². The minimum absolute atomic E-state index is 0.0129. The fourth-order valence-electron chi connectivity index (χ4n) is 2.33. The molecular formula is C14H20N2O2. The van der Waals surface area contributed by atoms with Crippen molar-refractivity contribution < 1.29 is 9.53 Å². The molecule has 18 heavy (non-hydrogen) atoms. The summed E-state index contributed by atoms with van der Waals surface area (Å²) < 4.78 is 5.66. The van der Waals surface area contributed by atoms with Gasteiger partial charge >= 0.3 is 0 Å². The summed E-state index contributed by atoms with van der Waals surface area (Å²) in [4.78, 5) is 13.4. The molecule has 0 spiro atoms. The van der Waals surface area contributed by atoms with Crippen LogP contribution in [0.2, 0.25) is 0 Å². The summed E-state index contributed by atoms with van der Waals surface area (Å²) in [5.41, 5.74) is 7.76. The van der Waals surface area contributed by atoms with E-state index in [1.807, 2.05) is 18.2 Å². The molecule has 0 radical (unpaired) electrons. The third-order valence-corrected chi connectivity index (χ3v) is 3.58. The molecular weight excluding hydrogens is 228 g/mol. The number of rotatable bonds is 3. The molecule has 2 N–H and O–H groups in total. The molecule has 1 aliphatic rings. The van der Waals surface area contributed by atoms with Crippen LogP contribution in [0.25, 0.3) is 0 Å². The van der Waals surface area contributed by atoms with Crippen LogP contribution >= 0.6 is 0 Å². The summed E-state index contributed by atoms with van der Waals surface area (Å²) in [5, 5.41) is 0. The number of fused-ring (bicyclic) bond motifs is 1. The Hall–Kier alpha value is -1.55. The van der Waals surface area contributed by atoms with Gasteiger partial charge in [-0.2, -0.15) is 0 Å². The predicted octanol–water partition coefficient (Wildman–Crippen LogP) is 1.88. The van der Waals surface area contributed by atoms with E-state index in [0.29, 0.717) is 12.5 Å². The van der Waals surface area contributed by atoms with Gasteiger partial charge in [0.05, 0.1) is 5.69 Å². The number of hydrogen-bond donors (Lipinski definition) is 1. The monoisotopic (exact) mass is 248 g/mol. The van der Waals surface area contributed by atoms with Crippen LogP contribution < -0.4 is 15.4 Å². The van der Waals surface area contributed by atoms with E-state index in [1.54, 1.807) is 18.9 Å². The highest BCUT2D eigenvalue weighted by atomic mass is 16.5. The normalized spacial score (nSPS) is 20.3. The van der Waals surface area contributed by atoms with Crippen LogP contribution in [-0.4, -0.2) is 25.6 Å². The number of amides is 1. The highest BCUT2D eigenvalue weighted by molar-refractivity contribution is 5.99. The lowest BCUT2D eigenvalue weighted by molar-refractivity contribution is -0.125. The van der Waals surface area contributed by atoms with E-state index >= 15 is 0 Å². The van der Waals surface area contributed by atoms with Crippen molar-refractivity contribution in [2.24, 2.45) is 5.73 Å². The number of carbonyl (C=O) groups excluding carboxylic acids is 1. The van der Waals surface area contributed by atoms with Crippen molar-refractivity contribution in [1.29, 1.82) is 0 Å². The summed E-state index contributed by atoms with van der Waals surface area (Å²) in [6, 6.07) is 5.98. The van der Waals surface area contributed by atoms with Crippen molar-refractivity contribution in [3.63, 3.8) is 0 Å². The van der Waals surface area contributed by atoms with Crippen molar-refractivity contribution in [1.82, 2.24) is 0 Å². The number of nitrogens with two attached hydrogens (primary N) is 1. The number of nitrogens with zero attached hydrogens (tertiary/aromatic N) is 1.